The van der Waals surface area contributed by atoms with Gasteiger partial charge in [-0.3, -0.25) is 9.69 Å². The number of carbonyl (C=O) groups excluding carboxylic acids is 1. The Balaban J connectivity index is 2.47. The van der Waals surface area contributed by atoms with Gasteiger partial charge < -0.3 is 9.47 Å². The number of hydrogen-bond donors (Lipinski definition) is 0. The van der Waals surface area contributed by atoms with Crippen molar-refractivity contribution in [2.75, 3.05) is 20.8 Å². The van der Waals surface area contributed by atoms with E-state index in [1.807, 2.05) is 20.8 Å². The lowest BCUT2D eigenvalue weighted by Gasteiger charge is -2.42. The first kappa shape index (κ1) is 15.4. The third kappa shape index (κ3) is 3.69. The minimum absolute atomic E-state index is 0.127. The predicted octanol–water partition coefficient (Wildman–Crippen LogP) is 2.07. The number of piperidine rings is 1. The smallest absolute Gasteiger partial charge is 0.311 e. The molecular formula is C14H27NO3. The van der Waals surface area contributed by atoms with Gasteiger partial charge in [0, 0.05) is 19.2 Å². The average molecular weight is 257 g/mol. The zero-order chi connectivity index (χ0) is 13.9. The number of likely N-dealkylation sites (tertiary alicyclic amines) is 1. The summed E-state index contributed by atoms with van der Waals surface area (Å²) in [4.78, 5) is 14.0. The molecule has 1 aliphatic rings. The van der Waals surface area contributed by atoms with E-state index in [2.05, 4.69) is 18.9 Å². The Kier molecular flexibility index (Phi) is 5.17. The van der Waals surface area contributed by atoms with Gasteiger partial charge in [0.05, 0.1) is 11.5 Å². The van der Waals surface area contributed by atoms with Gasteiger partial charge in [0.2, 0.25) is 0 Å². The van der Waals surface area contributed by atoms with Gasteiger partial charge in [0.15, 0.2) is 0 Å². The Bertz CT molecular complexity index is 285. The zero-order valence-corrected chi connectivity index (χ0v) is 12.5. The van der Waals surface area contributed by atoms with Crippen LogP contribution in [0.3, 0.4) is 0 Å². The van der Waals surface area contributed by atoms with E-state index in [-0.39, 0.29) is 12.1 Å². The van der Waals surface area contributed by atoms with Crippen molar-refractivity contribution >= 4 is 5.97 Å². The van der Waals surface area contributed by atoms with Crippen LogP contribution < -0.4 is 0 Å². The van der Waals surface area contributed by atoms with Gasteiger partial charge in [-0.2, -0.15) is 0 Å². The van der Waals surface area contributed by atoms with Gasteiger partial charge in [-0.25, -0.2) is 0 Å². The summed E-state index contributed by atoms with van der Waals surface area (Å²) in [6.07, 6.45) is 2.32. The molecule has 0 aromatic carbocycles. The predicted molar refractivity (Wildman–Crippen MR) is 71.5 cm³/mol. The number of methoxy groups -OCH3 is 1. The molecular weight excluding hydrogens is 230 g/mol. The highest BCUT2D eigenvalue weighted by molar-refractivity contribution is 5.75. The monoisotopic (exact) mass is 257 g/mol. The van der Waals surface area contributed by atoms with Crippen molar-refractivity contribution in [2.45, 2.75) is 58.7 Å². The molecule has 1 heterocycles. The largest absolute Gasteiger partial charge is 0.464 e. The molecule has 1 fully saturated rings. The number of nitrogens with zero attached hydrogens (tertiary/aromatic N) is 1. The molecule has 0 N–H and O–H groups in total. The molecule has 3 atom stereocenters. The summed E-state index contributed by atoms with van der Waals surface area (Å²) in [5, 5.41) is 0. The minimum Gasteiger partial charge on any atom is -0.464 e. The van der Waals surface area contributed by atoms with E-state index < -0.39 is 5.41 Å². The van der Waals surface area contributed by atoms with Crippen LogP contribution in [-0.4, -0.2) is 49.8 Å². The maximum absolute atomic E-state index is 11.8. The fourth-order valence-corrected chi connectivity index (χ4v) is 2.30. The molecule has 0 saturated carbocycles. The third-order valence-electron chi connectivity index (χ3n) is 3.86. The van der Waals surface area contributed by atoms with E-state index >= 15 is 0 Å². The van der Waals surface area contributed by atoms with Gasteiger partial charge in [-0.1, -0.05) is 0 Å². The Hall–Kier alpha value is -0.610. The lowest BCUT2D eigenvalue weighted by atomic mass is 9.94. The summed E-state index contributed by atoms with van der Waals surface area (Å²) < 4.78 is 10.9. The summed E-state index contributed by atoms with van der Waals surface area (Å²) in [6.45, 7) is 8.27. The average Bonchev–Trinajstić information content (AvgIpc) is 2.29. The second-order valence-electron chi connectivity index (χ2n) is 6.26. The molecule has 0 unspecified atom stereocenters. The van der Waals surface area contributed by atoms with Gasteiger partial charge in [0.1, 0.15) is 6.61 Å². The van der Waals surface area contributed by atoms with Crippen LogP contribution >= 0.6 is 0 Å². The van der Waals surface area contributed by atoms with E-state index in [9.17, 15) is 4.79 Å². The Labute approximate surface area is 111 Å². The molecule has 4 nitrogen and oxygen atoms in total. The van der Waals surface area contributed by atoms with Gasteiger partial charge >= 0.3 is 5.97 Å². The second-order valence-corrected chi connectivity index (χ2v) is 6.26. The van der Waals surface area contributed by atoms with Crippen LogP contribution in [0.1, 0.15) is 40.5 Å². The van der Waals surface area contributed by atoms with Crippen molar-refractivity contribution in [2.24, 2.45) is 5.41 Å². The van der Waals surface area contributed by atoms with E-state index in [1.54, 1.807) is 7.11 Å². The number of rotatable bonds is 3. The maximum Gasteiger partial charge on any atom is 0.311 e. The lowest BCUT2D eigenvalue weighted by Crippen LogP contribution is -2.52. The van der Waals surface area contributed by atoms with Crippen molar-refractivity contribution in [3.8, 4) is 0 Å². The second kappa shape index (κ2) is 6.02. The highest BCUT2D eigenvalue weighted by atomic mass is 16.5. The third-order valence-corrected chi connectivity index (χ3v) is 3.86. The summed E-state index contributed by atoms with van der Waals surface area (Å²) in [6, 6.07) is 0.666. The first-order valence-electron chi connectivity index (χ1n) is 6.69. The molecule has 106 valence electrons. The lowest BCUT2D eigenvalue weighted by molar-refractivity contribution is -0.156. The first-order valence-corrected chi connectivity index (χ1v) is 6.69. The molecule has 0 aliphatic carbocycles. The molecule has 0 spiro atoms. The standard InChI is InChI=1S/C14H27NO3/c1-10-12(17-6)8-7-11(15(10)5)9-18-13(16)14(2,3)4/h10-12H,7-9H2,1-6H3/t10-,11-,12-/m1/s1. The molecule has 0 amide bonds. The molecule has 1 aliphatic heterocycles. The van der Waals surface area contributed by atoms with Gasteiger partial charge in [0.25, 0.3) is 0 Å². The molecule has 0 aromatic rings. The van der Waals surface area contributed by atoms with Crippen LogP contribution in [0.4, 0.5) is 0 Å². The fourth-order valence-electron chi connectivity index (χ4n) is 2.30. The van der Waals surface area contributed by atoms with E-state index in [0.717, 1.165) is 12.8 Å². The van der Waals surface area contributed by atoms with Crippen molar-refractivity contribution < 1.29 is 14.3 Å². The Morgan fingerprint density at radius 3 is 2.44 bits per heavy atom. The zero-order valence-electron chi connectivity index (χ0n) is 12.5. The molecule has 4 heteroatoms. The van der Waals surface area contributed by atoms with Crippen LogP contribution in [0.25, 0.3) is 0 Å². The molecule has 0 aromatic heterocycles. The maximum atomic E-state index is 11.8. The Morgan fingerprint density at radius 2 is 1.94 bits per heavy atom. The van der Waals surface area contributed by atoms with Crippen molar-refractivity contribution in [3.05, 3.63) is 0 Å². The highest BCUT2D eigenvalue weighted by Crippen LogP contribution is 2.24. The molecule has 0 radical (unpaired) electrons. The van der Waals surface area contributed by atoms with Crippen molar-refractivity contribution in [1.82, 2.24) is 4.90 Å². The van der Waals surface area contributed by atoms with Crippen LogP contribution in [0.2, 0.25) is 0 Å². The van der Waals surface area contributed by atoms with E-state index in [0.29, 0.717) is 18.7 Å². The fraction of sp³-hybridized carbons (Fsp3) is 0.929. The summed E-state index contributed by atoms with van der Waals surface area (Å²) in [5.41, 5.74) is -0.423. The SMILES string of the molecule is CO[C@@H]1CC[C@H](COC(=O)C(C)(C)C)N(C)[C@@H]1C. The number of esters is 1. The van der Waals surface area contributed by atoms with Crippen molar-refractivity contribution in [3.63, 3.8) is 0 Å². The summed E-state index contributed by atoms with van der Waals surface area (Å²) in [7, 11) is 3.83. The van der Waals surface area contributed by atoms with Crippen LogP contribution in [-0.2, 0) is 14.3 Å². The number of ether oxygens (including phenoxy) is 2. The summed E-state index contributed by atoms with van der Waals surface area (Å²) in [5.74, 6) is -0.127. The van der Waals surface area contributed by atoms with E-state index in [1.165, 1.54) is 0 Å². The minimum atomic E-state index is -0.423. The molecule has 1 saturated heterocycles. The molecule has 18 heavy (non-hydrogen) atoms. The highest BCUT2D eigenvalue weighted by Gasteiger charge is 2.33. The van der Waals surface area contributed by atoms with Crippen molar-refractivity contribution in [1.29, 1.82) is 0 Å². The van der Waals surface area contributed by atoms with E-state index in [4.69, 9.17) is 9.47 Å². The quantitative estimate of drug-likeness (QED) is 0.726. The van der Waals surface area contributed by atoms with Gasteiger partial charge in [-0.15, -0.1) is 0 Å². The van der Waals surface area contributed by atoms with Crippen LogP contribution in [0.15, 0.2) is 0 Å². The summed E-state index contributed by atoms with van der Waals surface area (Å²) >= 11 is 0. The normalized spacial score (nSPS) is 30.2. The molecule has 0 bridgehead atoms. The number of carbonyl (C=O) groups is 1. The number of likely N-dealkylation sites (N-methyl/N-ethyl adjacent to an activating group) is 1. The topological polar surface area (TPSA) is 38.8 Å². The number of hydrogen-bond acceptors (Lipinski definition) is 4. The van der Waals surface area contributed by atoms with Gasteiger partial charge in [-0.05, 0) is 47.6 Å². The Morgan fingerprint density at radius 1 is 1.33 bits per heavy atom. The molecule has 1 rings (SSSR count). The van der Waals surface area contributed by atoms with Crippen LogP contribution in [0.5, 0.6) is 0 Å². The van der Waals surface area contributed by atoms with Crippen LogP contribution in [0, 0.1) is 5.41 Å². The first-order chi connectivity index (χ1) is 8.27.